The van der Waals surface area contributed by atoms with Crippen LogP contribution in [0.25, 0.3) is 6.08 Å². The normalized spacial score (nSPS) is 16.6. The highest BCUT2D eigenvalue weighted by Crippen LogP contribution is 2.28. The summed E-state index contributed by atoms with van der Waals surface area (Å²) in [5.74, 6) is -0.290. The lowest BCUT2D eigenvalue weighted by Gasteiger charge is -2.23. The fourth-order valence-corrected chi connectivity index (χ4v) is 2.23. The van der Waals surface area contributed by atoms with Gasteiger partial charge in [0.05, 0.1) is 4.92 Å². The van der Waals surface area contributed by atoms with Crippen LogP contribution in [0.3, 0.4) is 0 Å². The molecule has 1 N–H and O–H groups in total. The summed E-state index contributed by atoms with van der Waals surface area (Å²) >= 11 is 0. The van der Waals surface area contributed by atoms with Gasteiger partial charge in [0.15, 0.2) is 5.75 Å². The van der Waals surface area contributed by atoms with Gasteiger partial charge in [0.2, 0.25) is 0 Å². The molecular formula is C12H15N2O3P. The van der Waals surface area contributed by atoms with E-state index < -0.39 is 4.92 Å². The zero-order chi connectivity index (χ0) is 13.1. The Bertz CT molecular complexity index is 492. The number of hydrogen-bond acceptors (Lipinski definition) is 4. The van der Waals surface area contributed by atoms with Gasteiger partial charge in [-0.2, -0.15) is 0 Å². The van der Waals surface area contributed by atoms with Gasteiger partial charge in [0.25, 0.3) is 0 Å². The van der Waals surface area contributed by atoms with Crippen molar-refractivity contribution in [3.05, 3.63) is 39.4 Å². The van der Waals surface area contributed by atoms with E-state index in [1.54, 1.807) is 6.07 Å². The van der Waals surface area contributed by atoms with Crippen LogP contribution in [0.1, 0.15) is 18.4 Å². The summed E-state index contributed by atoms with van der Waals surface area (Å²) in [6, 6.07) is 4.48. The molecule has 0 radical (unpaired) electrons. The standard InChI is InChI=1S/C12H15N2O3P/c15-12-2-1-10(8-11(12)14(16)17)7-9-3-5-13(18)6-4-9/h1-2,7-8,15H,3-6,18H2. The number of nitro benzene ring substituents is 1. The molecule has 0 bridgehead atoms. The molecule has 1 heterocycles. The summed E-state index contributed by atoms with van der Waals surface area (Å²) in [4.78, 5) is 10.2. The van der Waals surface area contributed by atoms with Crippen LogP contribution in [-0.2, 0) is 0 Å². The van der Waals surface area contributed by atoms with E-state index in [9.17, 15) is 15.2 Å². The van der Waals surface area contributed by atoms with Crippen molar-refractivity contribution in [2.24, 2.45) is 0 Å². The third-order valence-corrected chi connectivity index (χ3v) is 3.52. The van der Waals surface area contributed by atoms with Gasteiger partial charge in [-0.1, -0.05) is 27.1 Å². The molecule has 5 nitrogen and oxygen atoms in total. The average Bonchev–Trinajstić information content (AvgIpc) is 2.34. The number of benzene rings is 1. The van der Waals surface area contributed by atoms with E-state index in [2.05, 4.69) is 14.1 Å². The Labute approximate surface area is 108 Å². The molecule has 0 amide bonds. The van der Waals surface area contributed by atoms with Crippen LogP contribution in [0.5, 0.6) is 5.75 Å². The molecule has 0 spiro atoms. The van der Waals surface area contributed by atoms with E-state index in [4.69, 9.17) is 0 Å². The Morgan fingerprint density at radius 2 is 2.06 bits per heavy atom. The Balaban J connectivity index is 2.21. The highest BCUT2D eigenvalue weighted by molar-refractivity contribution is 7.13. The van der Waals surface area contributed by atoms with Crippen molar-refractivity contribution in [2.45, 2.75) is 12.8 Å². The minimum atomic E-state index is -0.567. The van der Waals surface area contributed by atoms with Crippen molar-refractivity contribution in [1.82, 2.24) is 4.67 Å². The molecule has 2 rings (SSSR count). The van der Waals surface area contributed by atoms with Gasteiger partial charge in [-0.15, -0.1) is 0 Å². The van der Waals surface area contributed by atoms with Crippen molar-refractivity contribution in [3.8, 4) is 5.75 Å². The number of nitro groups is 1. The zero-order valence-corrected chi connectivity index (χ0v) is 11.0. The molecule has 1 atom stereocenters. The van der Waals surface area contributed by atoms with Gasteiger partial charge in [0, 0.05) is 19.2 Å². The second-order valence-corrected chi connectivity index (χ2v) is 5.07. The number of phenolic OH excluding ortho intramolecular Hbond substituents is 1. The first-order chi connectivity index (χ1) is 8.56. The first-order valence-electron chi connectivity index (χ1n) is 5.73. The van der Waals surface area contributed by atoms with E-state index in [1.165, 1.54) is 17.7 Å². The molecule has 1 aliphatic rings. The number of nitrogens with zero attached hydrogens (tertiary/aromatic N) is 2. The molecule has 1 unspecified atom stereocenters. The van der Waals surface area contributed by atoms with Crippen LogP contribution >= 0.6 is 9.39 Å². The van der Waals surface area contributed by atoms with Crippen LogP contribution in [0.15, 0.2) is 23.8 Å². The molecule has 0 aromatic heterocycles. The lowest BCUT2D eigenvalue weighted by Crippen LogP contribution is -2.20. The molecule has 18 heavy (non-hydrogen) atoms. The van der Waals surface area contributed by atoms with E-state index in [0.717, 1.165) is 31.5 Å². The molecule has 96 valence electrons. The topological polar surface area (TPSA) is 66.6 Å². The largest absolute Gasteiger partial charge is 0.502 e. The average molecular weight is 266 g/mol. The monoisotopic (exact) mass is 266 g/mol. The molecule has 1 fully saturated rings. The molecule has 0 saturated carbocycles. The first-order valence-corrected chi connectivity index (χ1v) is 6.24. The van der Waals surface area contributed by atoms with E-state index in [-0.39, 0.29) is 11.4 Å². The summed E-state index contributed by atoms with van der Waals surface area (Å²) in [5.41, 5.74) is 1.81. The quantitative estimate of drug-likeness (QED) is 0.507. The third-order valence-electron chi connectivity index (χ3n) is 3.01. The highest BCUT2D eigenvalue weighted by atomic mass is 31.0. The second-order valence-electron chi connectivity index (χ2n) is 4.34. The van der Waals surface area contributed by atoms with Crippen LogP contribution in [-0.4, -0.2) is 27.8 Å². The smallest absolute Gasteiger partial charge is 0.311 e. The van der Waals surface area contributed by atoms with Gasteiger partial charge in [-0.3, -0.25) is 14.8 Å². The Morgan fingerprint density at radius 1 is 1.39 bits per heavy atom. The summed E-state index contributed by atoms with van der Waals surface area (Å²) < 4.78 is 2.18. The Morgan fingerprint density at radius 3 is 2.67 bits per heavy atom. The Hall–Kier alpha value is -1.45. The lowest BCUT2D eigenvalue weighted by atomic mass is 10.0. The predicted molar refractivity (Wildman–Crippen MR) is 73.3 cm³/mol. The Kier molecular flexibility index (Phi) is 3.94. The number of aromatic hydroxyl groups is 1. The number of phenols is 1. The fraction of sp³-hybridized carbons (Fsp3) is 0.333. The summed E-state index contributed by atoms with van der Waals surface area (Å²) in [6.07, 6.45) is 3.92. The summed E-state index contributed by atoms with van der Waals surface area (Å²) in [7, 11) is 2.68. The maximum Gasteiger partial charge on any atom is 0.311 e. The van der Waals surface area contributed by atoms with Crippen molar-refractivity contribution in [1.29, 1.82) is 0 Å². The van der Waals surface area contributed by atoms with Crippen LogP contribution in [0, 0.1) is 10.1 Å². The minimum absolute atomic E-state index is 0.243. The van der Waals surface area contributed by atoms with Crippen molar-refractivity contribution < 1.29 is 10.0 Å². The lowest BCUT2D eigenvalue weighted by molar-refractivity contribution is -0.385. The molecule has 1 aromatic carbocycles. The first kappa shape index (κ1) is 13.0. The number of hydrogen-bond donors (Lipinski definition) is 1. The molecule has 1 aliphatic heterocycles. The van der Waals surface area contributed by atoms with Crippen molar-refractivity contribution >= 4 is 21.2 Å². The van der Waals surface area contributed by atoms with Crippen LogP contribution in [0.2, 0.25) is 0 Å². The second kappa shape index (κ2) is 5.46. The summed E-state index contributed by atoms with van der Waals surface area (Å²) in [6.45, 7) is 1.97. The number of rotatable bonds is 2. The van der Waals surface area contributed by atoms with Gasteiger partial charge in [0.1, 0.15) is 0 Å². The van der Waals surface area contributed by atoms with Crippen LogP contribution in [0.4, 0.5) is 5.69 Å². The molecule has 6 heteroatoms. The molecule has 1 saturated heterocycles. The van der Waals surface area contributed by atoms with Crippen molar-refractivity contribution in [2.75, 3.05) is 13.1 Å². The highest BCUT2D eigenvalue weighted by Gasteiger charge is 2.14. The van der Waals surface area contributed by atoms with Gasteiger partial charge < -0.3 is 5.11 Å². The van der Waals surface area contributed by atoms with Crippen LogP contribution < -0.4 is 0 Å². The maximum absolute atomic E-state index is 10.7. The van der Waals surface area contributed by atoms with E-state index in [0.29, 0.717) is 0 Å². The zero-order valence-electron chi connectivity index (χ0n) is 9.87. The summed E-state index contributed by atoms with van der Waals surface area (Å²) in [5, 5.41) is 20.1. The van der Waals surface area contributed by atoms with E-state index in [1.807, 2.05) is 6.08 Å². The molecular weight excluding hydrogens is 251 g/mol. The van der Waals surface area contributed by atoms with Crippen molar-refractivity contribution in [3.63, 3.8) is 0 Å². The SMILES string of the molecule is O=[N+]([O-])c1cc(C=C2CCN(P)CC2)ccc1O. The van der Waals surface area contributed by atoms with Gasteiger partial charge in [-0.25, -0.2) is 0 Å². The van der Waals surface area contributed by atoms with Gasteiger partial charge in [-0.05, 0) is 24.5 Å². The third kappa shape index (κ3) is 3.06. The maximum atomic E-state index is 10.7. The molecule has 0 aliphatic carbocycles. The van der Waals surface area contributed by atoms with Gasteiger partial charge >= 0.3 is 5.69 Å². The fourth-order valence-electron chi connectivity index (χ4n) is 1.97. The molecule has 1 aromatic rings. The van der Waals surface area contributed by atoms with E-state index >= 15 is 0 Å². The number of piperidine rings is 1. The minimum Gasteiger partial charge on any atom is -0.502 e. The predicted octanol–water partition coefficient (Wildman–Crippen LogP) is 2.57.